The first-order chi connectivity index (χ1) is 9.52. The molecule has 2 N–H and O–H groups in total. The van der Waals surface area contributed by atoms with Crippen molar-refractivity contribution < 1.29 is 9.90 Å². The number of aliphatic carboxylic acids is 1. The number of nitrogens with one attached hydrogen (secondary N) is 1. The summed E-state index contributed by atoms with van der Waals surface area (Å²) >= 11 is 11.8. The van der Waals surface area contributed by atoms with E-state index in [4.69, 9.17) is 23.2 Å². The van der Waals surface area contributed by atoms with Crippen molar-refractivity contribution in [2.24, 2.45) is 0 Å². The van der Waals surface area contributed by atoms with Crippen LogP contribution in [0.4, 0.5) is 5.69 Å². The highest BCUT2D eigenvalue weighted by Gasteiger charge is 2.16. The summed E-state index contributed by atoms with van der Waals surface area (Å²) in [6, 6.07) is 4.31. The van der Waals surface area contributed by atoms with Crippen molar-refractivity contribution in [3.8, 4) is 0 Å². The number of hydrogen-bond acceptors (Lipinski definition) is 2. The summed E-state index contributed by atoms with van der Waals surface area (Å²) in [4.78, 5) is 11.2. The van der Waals surface area contributed by atoms with Crippen LogP contribution < -0.4 is 5.32 Å². The van der Waals surface area contributed by atoms with E-state index >= 15 is 0 Å². The molecular formula is C15H19Cl2NO2. The standard InChI is InChI=1S/C15H19Cl2NO2/c1-2-3-4-5-6-7-14(15(19)20)18-13-9-11(16)8-12(17)10-13/h2,8-10,14,18H,1,3-7H2,(H,19,20)/t14-/m0/s1. The molecule has 0 aliphatic heterocycles. The van der Waals surface area contributed by atoms with Gasteiger partial charge in [-0.2, -0.15) is 0 Å². The fraction of sp³-hybridized carbons (Fsp3) is 0.400. The number of unbranched alkanes of at least 4 members (excludes halogenated alkanes) is 3. The second kappa shape index (κ2) is 8.88. The number of carboxylic acid groups (broad SMARTS) is 1. The highest BCUT2D eigenvalue weighted by molar-refractivity contribution is 6.35. The zero-order valence-corrected chi connectivity index (χ0v) is 12.8. The minimum absolute atomic E-state index is 0.482. The van der Waals surface area contributed by atoms with Crippen molar-refractivity contribution in [3.05, 3.63) is 40.9 Å². The molecule has 0 radical (unpaired) electrons. The van der Waals surface area contributed by atoms with Crippen molar-refractivity contribution in [1.29, 1.82) is 0 Å². The minimum atomic E-state index is -0.871. The van der Waals surface area contributed by atoms with Crippen molar-refractivity contribution in [1.82, 2.24) is 0 Å². The maximum absolute atomic E-state index is 11.2. The molecule has 110 valence electrons. The van der Waals surface area contributed by atoms with E-state index < -0.39 is 12.0 Å². The molecular weight excluding hydrogens is 297 g/mol. The van der Waals surface area contributed by atoms with Gasteiger partial charge in [-0.1, -0.05) is 42.1 Å². The van der Waals surface area contributed by atoms with E-state index in [-0.39, 0.29) is 0 Å². The molecule has 1 aromatic carbocycles. The molecule has 20 heavy (non-hydrogen) atoms. The average molecular weight is 316 g/mol. The third-order valence-electron chi connectivity index (χ3n) is 2.90. The van der Waals surface area contributed by atoms with Crippen molar-refractivity contribution in [2.75, 3.05) is 5.32 Å². The molecule has 0 aliphatic rings. The lowest BCUT2D eigenvalue weighted by Crippen LogP contribution is -2.29. The number of carbonyl (C=O) groups is 1. The molecule has 0 saturated carbocycles. The molecule has 0 amide bonds. The predicted octanol–water partition coefficient (Wildman–Crippen LogP) is 5.00. The molecule has 0 unspecified atom stereocenters. The van der Waals surface area contributed by atoms with E-state index in [2.05, 4.69) is 11.9 Å². The molecule has 0 fully saturated rings. The quantitative estimate of drug-likeness (QED) is 0.498. The van der Waals surface area contributed by atoms with Crippen molar-refractivity contribution >= 4 is 34.9 Å². The third-order valence-corrected chi connectivity index (χ3v) is 3.34. The monoisotopic (exact) mass is 315 g/mol. The number of hydrogen-bond donors (Lipinski definition) is 2. The van der Waals surface area contributed by atoms with Crippen molar-refractivity contribution in [3.63, 3.8) is 0 Å². The number of benzene rings is 1. The smallest absolute Gasteiger partial charge is 0.326 e. The van der Waals surface area contributed by atoms with E-state index in [0.717, 1.165) is 25.7 Å². The van der Waals surface area contributed by atoms with E-state index in [9.17, 15) is 9.90 Å². The second-order valence-corrected chi connectivity index (χ2v) is 5.49. The van der Waals surface area contributed by atoms with Gasteiger partial charge in [0, 0.05) is 15.7 Å². The first kappa shape index (κ1) is 16.9. The van der Waals surface area contributed by atoms with E-state index in [0.29, 0.717) is 22.2 Å². The number of anilines is 1. The topological polar surface area (TPSA) is 49.3 Å². The van der Waals surface area contributed by atoms with Gasteiger partial charge in [-0.3, -0.25) is 0 Å². The van der Waals surface area contributed by atoms with Gasteiger partial charge in [0.1, 0.15) is 6.04 Å². The fourth-order valence-electron chi connectivity index (χ4n) is 1.91. The third kappa shape index (κ3) is 6.31. The average Bonchev–Trinajstić information content (AvgIpc) is 2.35. The summed E-state index contributed by atoms with van der Waals surface area (Å²) in [5.41, 5.74) is 0.626. The van der Waals surface area contributed by atoms with E-state index in [1.54, 1.807) is 18.2 Å². The van der Waals surface area contributed by atoms with Crippen LogP contribution in [-0.2, 0) is 4.79 Å². The van der Waals surface area contributed by atoms with E-state index in [1.807, 2.05) is 6.08 Å². The summed E-state index contributed by atoms with van der Waals surface area (Å²) in [6.07, 6.45) is 6.30. The lowest BCUT2D eigenvalue weighted by atomic mass is 10.1. The molecule has 5 heteroatoms. The molecule has 1 atom stereocenters. The van der Waals surface area contributed by atoms with Gasteiger partial charge in [0.25, 0.3) is 0 Å². The van der Waals surface area contributed by atoms with Crippen LogP contribution in [0.5, 0.6) is 0 Å². The lowest BCUT2D eigenvalue weighted by Gasteiger charge is -2.16. The summed E-state index contributed by atoms with van der Waals surface area (Å²) in [6.45, 7) is 3.66. The first-order valence-corrected chi connectivity index (χ1v) is 7.35. The maximum Gasteiger partial charge on any atom is 0.326 e. The van der Waals surface area contributed by atoms with Gasteiger partial charge in [0.15, 0.2) is 0 Å². The van der Waals surface area contributed by atoms with Gasteiger partial charge in [0.2, 0.25) is 0 Å². The molecule has 0 spiro atoms. The Hall–Kier alpha value is -1.19. The summed E-state index contributed by atoms with van der Waals surface area (Å²) in [5.74, 6) is -0.871. The van der Waals surface area contributed by atoms with Gasteiger partial charge >= 0.3 is 5.97 Å². The van der Waals surface area contributed by atoms with Crippen LogP contribution in [0, 0.1) is 0 Å². The fourth-order valence-corrected chi connectivity index (χ4v) is 2.44. The first-order valence-electron chi connectivity index (χ1n) is 6.59. The number of allylic oxidation sites excluding steroid dienone is 1. The highest BCUT2D eigenvalue weighted by atomic mass is 35.5. The number of carboxylic acids is 1. The zero-order valence-electron chi connectivity index (χ0n) is 11.2. The van der Waals surface area contributed by atoms with Gasteiger partial charge in [-0.05, 0) is 37.5 Å². The summed E-state index contributed by atoms with van der Waals surface area (Å²) in [7, 11) is 0. The van der Waals surface area contributed by atoms with Crippen LogP contribution in [0.25, 0.3) is 0 Å². The summed E-state index contributed by atoms with van der Waals surface area (Å²) in [5, 5.41) is 13.2. The Morgan fingerprint density at radius 1 is 1.25 bits per heavy atom. The summed E-state index contributed by atoms with van der Waals surface area (Å²) < 4.78 is 0. The Morgan fingerprint density at radius 2 is 1.90 bits per heavy atom. The van der Waals surface area contributed by atoms with Crippen LogP contribution in [0.3, 0.4) is 0 Å². The Balaban J connectivity index is 2.54. The van der Waals surface area contributed by atoms with Crippen LogP contribution in [0.15, 0.2) is 30.9 Å². The van der Waals surface area contributed by atoms with Gasteiger partial charge in [-0.15, -0.1) is 6.58 Å². The van der Waals surface area contributed by atoms with E-state index in [1.165, 1.54) is 0 Å². The largest absolute Gasteiger partial charge is 0.480 e. The van der Waals surface area contributed by atoms with Gasteiger partial charge in [0.05, 0.1) is 0 Å². The molecule has 0 aromatic heterocycles. The maximum atomic E-state index is 11.2. The lowest BCUT2D eigenvalue weighted by molar-refractivity contribution is -0.138. The van der Waals surface area contributed by atoms with Crippen LogP contribution in [0.1, 0.15) is 32.1 Å². The molecule has 0 saturated heterocycles. The molecule has 1 aromatic rings. The Bertz CT molecular complexity index is 443. The Labute approximate surface area is 129 Å². The van der Waals surface area contributed by atoms with Crippen LogP contribution >= 0.6 is 23.2 Å². The van der Waals surface area contributed by atoms with Crippen molar-refractivity contribution in [2.45, 2.75) is 38.1 Å². The predicted molar refractivity (Wildman–Crippen MR) is 84.8 cm³/mol. The number of halogens is 2. The second-order valence-electron chi connectivity index (χ2n) is 4.62. The Kier molecular flexibility index (Phi) is 7.48. The van der Waals surface area contributed by atoms with Crippen LogP contribution in [-0.4, -0.2) is 17.1 Å². The Morgan fingerprint density at radius 3 is 2.45 bits per heavy atom. The molecule has 0 aliphatic carbocycles. The van der Waals surface area contributed by atoms with Gasteiger partial charge < -0.3 is 10.4 Å². The highest BCUT2D eigenvalue weighted by Crippen LogP contribution is 2.23. The molecule has 1 rings (SSSR count). The normalized spacial score (nSPS) is 11.9. The SMILES string of the molecule is C=CCCCCC[C@H](Nc1cc(Cl)cc(Cl)c1)C(=O)O. The number of rotatable bonds is 9. The zero-order chi connectivity index (χ0) is 15.0. The molecule has 0 bridgehead atoms. The van der Waals surface area contributed by atoms with Crippen LogP contribution in [0.2, 0.25) is 10.0 Å². The molecule has 0 heterocycles. The minimum Gasteiger partial charge on any atom is -0.480 e. The van der Waals surface area contributed by atoms with Gasteiger partial charge in [-0.25, -0.2) is 4.79 Å². The molecule has 3 nitrogen and oxygen atoms in total.